The summed E-state index contributed by atoms with van der Waals surface area (Å²) in [5.41, 5.74) is 8.89. The molecule has 0 unspecified atom stereocenters. The highest BCUT2D eigenvalue weighted by molar-refractivity contribution is 5.94. The molecule has 0 heterocycles. The number of nitrogens with two attached hydrogens (primary N) is 1. The molecule has 1 aromatic rings. The molecule has 0 radical (unpaired) electrons. The molecule has 1 aliphatic carbocycles. The van der Waals surface area contributed by atoms with Gasteiger partial charge in [-0.1, -0.05) is 6.07 Å². The Bertz CT molecular complexity index is 388. The Labute approximate surface area is 96.0 Å². The van der Waals surface area contributed by atoms with E-state index in [1.54, 1.807) is 0 Å². The molecule has 0 atom stereocenters. The molecule has 0 fully saturated rings. The highest BCUT2D eigenvalue weighted by Crippen LogP contribution is 2.22. The van der Waals surface area contributed by atoms with Gasteiger partial charge in [0.1, 0.15) is 0 Å². The van der Waals surface area contributed by atoms with Gasteiger partial charge in [0.25, 0.3) is 5.91 Å². The summed E-state index contributed by atoms with van der Waals surface area (Å²) in [7, 11) is 0. The lowest BCUT2D eigenvalue weighted by atomic mass is 10.1. The van der Waals surface area contributed by atoms with Crippen LogP contribution in [-0.2, 0) is 12.8 Å². The number of rotatable bonds is 4. The van der Waals surface area contributed by atoms with Crippen LogP contribution in [0, 0.1) is 0 Å². The van der Waals surface area contributed by atoms with Gasteiger partial charge in [-0.05, 0) is 55.5 Å². The van der Waals surface area contributed by atoms with Gasteiger partial charge in [-0.2, -0.15) is 0 Å². The summed E-state index contributed by atoms with van der Waals surface area (Å²) in [5.74, 6) is 0.0168. The minimum atomic E-state index is 0.0168. The average Bonchev–Trinajstić information content (AvgIpc) is 2.76. The van der Waals surface area contributed by atoms with E-state index in [2.05, 4.69) is 11.4 Å². The maximum Gasteiger partial charge on any atom is 0.251 e. The van der Waals surface area contributed by atoms with E-state index >= 15 is 0 Å². The number of carbonyl (C=O) groups excluding carboxylic acids is 1. The number of hydrogen-bond donors (Lipinski definition) is 2. The van der Waals surface area contributed by atoms with Crippen LogP contribution in [0.1, 0.15) is 34.3 Å². The highest BCUT2D eigenvalue weighted by atomic mass is 16.1. The third kappa shape index (κ3) is 2.42. The monoisotopic (exact) mass is 218 g/mol. The molecule has 3 N–H and O–H groups in total. The molecule has 1 amide bonds. The first-order valence-electron chi connectivity index (χ1n) is 5.91. The van der Waals surface area contributed by atoms with Crippen molar-refractivity contribution >= 4 is 5.91 Å². The van der Waals surface area contributed by atoms with Crippen LogP contribution in [0.15, 0.2) is 18.2 Å². The van der Waals surface area contributed by atoms with Crippen LogP contribution in [0.5, 0.6) is 0 Å². The summed E-state index contributed by atoms with van der Waals surface area (Å²) in [6.07, 6.45) is 4.31. The summed E-state index contributed by atoms with van der Waals surface area (Å²) in [4.78, 5) is 11.8. The second-order valence-corrected chi connectivity index (χ2v) is 4.24. The van der Waals surface area contributed by atoms with Crippen LogP contribution in [0.3, 0.4) is 0 Å². The lowest BCUT2D eigenvalue weighted by molar-refractivity contribution is 0.0953. The Morgan fingerprint density at radius 2 is 2.12 bits per heavy atom. The van der Waals surface area contributed by atoms with Crippen molar-refractivity contribution in [2.75, 3.05) is 13.1 Å². The zero-order valence-electron chi connectivity index (χ0n) is 9.46. The number of carbonyl (C=O) groups is 1. The van der Waals surface area contributed by atoms with Crippen LogP contribution in [-0.4, -0.2) is 19.0 Å². The maximum absolute atomic E-state index is 11.8. The standard InChI is InChI=1S/C13H18N2O/c14-7-2-8-15-13(16)12-6-5-10-3-1-4-11(10)9-12/h5-6,9H,1-4,7-8,14H2,(H,15,16). The van der Waals surface area contributed by atoms with Crippen molar-refractivity contribution in [1.82, 2.24) is 5.32 Å². The van der Waals surface area contributed by atoms with E-state index in [0.717, 1.165) is 24.8 Å². The van der Waals surface area contributed by atoms with Crippen molar-refractivity contribution in [3.05, 3.63) is 34.9 Å². The zero-order valence-corrected chi connectivity index (χ0v) is 9.46. The van der Waals surface area contributed by atoms with Crippen molar-refractivity contribution in [3.63, 3.8) is 0 Å². The summed E-state index contributed by atoms with van der Waals surface area (Å²) in [6, 6.07) is 6.03. The van der Waals surface area contributed by atoms with Gasteiger partial charge in [-0.3, -0.25) is 4.79 Å². The van der Waals surface area contributed by atoms with Crippen molar-refractivity contribution in [2.24, 2.45) is 5.73 Å². The largest absolute Gasteiger partial charge is 0.352 e. The minimum Gasteiger partial charge on any atom is -0.352 e. The molecular weight excluding hydrogens is 200 g/mol. The fraction of sp³-hybridized carbons (Fsp3) is 0.462. The molecule has 86 valence electrons. The molecule has 0 aromatic heterocycles. The summed E-state index contributed by atoms with van der Waals surface area (Å²) in [6.45, 7) is 1.27. The normalized spacial score (nSPS) is 13.6. The Balaban J connectivity index is 2.01. The SMILES string of the molecule is NCCCNC(=O)c1ccc2c(c1)CCC2. The lowest BCUT2D eigenvalue weighted by Gasteiger charge is -2.06. The Hall–Kier alpha value is -1.35. The van der Waals surface area contributed by atoms with E-state index in [1.165, 1.54) is 17.5 Å². The van der Waals surface area contributed by atoms with E-state index in [0.29, 0.717) is 13.1 Å². The van der Waals surface area contributed by atoms with Gasteiger partial charge in [0.2, 0.25) is 0 Å². The number of nitrogens with one attached hydrogen (secondary N) is 1. The summed E-state index contributed by atoms with van der Waals surface area (Å²) in [5, 5.41) is 2.87. The molecule has 0 aliphatic heterocycles. The van der Waals surface area contributed by atoms with E-state index < -0.39 is 0 Å². The predicted octanol–water partition coefficient (Wildman–Crippen LogP) is 1.25. The van der Waals surface area contributed by atoms with Gasteiger partial charge in [0.15, 0.2) is 0 Å². The predicted molar refractivity (Wildman–Crippen MR) is 64.5 cm³/mol. The molecule has 3 heteroatoms. The molecule has 16 heavy (non-hydrogen) atoms. The molecule has 1 aliphatic rings. The second kappa shape index (κ2) is 5.12. The summed E-state index contributed by atoms with van der Waals surface area (Å²) >= 11 is 0. The fourth-order valence-corrected chi connectivity index (χ4v) is 2.12. The third-order valence-electron chi connectivity index (χ3n) is 3.03. The molecule has 1 aromatic carbocycles. The molecule has 2 rings (SSSR count). The number of amides is 1. The maximum atomic E-state index is 11.8. The Morgan fingerprint density at radius 1 is 1.31 bits per heavy atom. The molecule has 3 nitrogen and oxygen atoms in total. The molecular formula is C13H18N2O. The average molecular weight is 218 g/mol. The topological polar surface area (TPSA) is 55.1 Å². The van der Waals surface area contributed by atoms with Gasteiger partial charge in [-0.25, -0.2) is 0 Å². The van der Waals surface area contributed by atoms with E-state index in [4.69, 9.17) is 5.73 Å². The minimum absolute atomic E-state index is 0.0168. The quantitative estimate of drug-likeness (QED) is 0.747. The first-order valence-corrected chi connectivity index (χ1v) is 5.91. The van der Waals surface area contributed by atoms with E-state index in [9.17, 15) is 4.79 Å². The van der Waals surface area contributed by atoms with Gasteiger partial charge >= 0.3 is 0 Å². The van der Waals surface area contributed by atoms with E-state index in [1.807, 2.05) is 12.1 Å². The number of aryl methyl sites for hydroxylation is 2. The van der Waals surface area contributed by atoms with Crippen LogP contribution in [0.2, 0.25) is 0 Å². The highest BCUT2D eigenvalue weighted by Gasteiger charge is 2.13. The van der Waals surface area contributed by atoms with Crippen LogP contribution in [0.4, 0.5) is 0 Å². The second-order valence-electron chi connectivity index (χ2n) is 4.24. The first-order chi connectivity index (χ1) is 7.81. The Kier molecular flexibility index (Phi) is 3.57. The lowest BCUT2D eigenvalue weighted by Crippen LogP contribution is -2.26. The molecule has 0 saturated heterocycles. The smallest absolute Gasteiger partial charge is 0.251 e. The van der Waals surface area contributed by atoms with Gasteiger partial charge in [0, 0.05) is 12.1 Å². The third-order valence-corrected chi connectivity index (χ3v) is 3.03. The molecule has 0 saturated carbocycles. The number of benzene rings is 1. The zero-order chi connectivity index (χ0) is 11.4. The molecule has 0 spiro atoms. The molecule has 0 bridgehead atoms. The van der Waals surface area contributed by atoms with Crippen LogP contribution < -0.4 is 11.1 Å². The number of fused-ring (bicyclic) bond motifs is 1. The van der Waals surface area contributed by atoms with Crippen molar-refractivity contribution in [2.45, 2.75) is 25.7 Å². The van der Waals surface area contributed by atoms with Crippen LogP contribution in [0.25, 0.3) is 0 Å². The van der Waals surface area contributed by atoms with Gasteiger partial charge in [0.05, 0.1) is 0 Å². The van der Waals surface area contributed by atoms with E-state index in [-0.39, 0.29) is 5.91 Å². The van der Waals surface area contributed by atoms with Crippen molar-refractivity contribution in [1.29, 1.82) is 0 Å². The first kappa shape index (κ1) is 11.1. The van der Waals surface area contributed by atoms with Gasteiger partial charge < -0.3 is 11.1 Å². The Morgan fingerprint density at radius 3 is 2.94 bits per heavy atom. The van der Waals surface area contributed by atoms with Crippen molar-refractivity contribution < 1.29 is 4.79 Å². The summed E-state index contributed by atoms with van der Waals surface area (Å²) < 4.78 is 0. The van der Waals surface area contributed by atoms with Gasteiger partial charge in [-0.15, -0.1) is 0 Å². The van der Waals surface area contributed by atoms with Crippen molar-refractivity contribution in [3.8, 4) is 0 Å². The van der Waals surface area contributed by atoms with Crippen LogP contribution >= 0.6 is 0 Å². The fourth-order valence-electron chi connectivity index (χ4n) is 2.12. The number of hydrogen-bond acceptors (Lipinski definition) is 2.